The predicted molar refractivity (Wildman–Crippen MR) is 59.8 cm³/mol. The molecule has 0 aliphatic carbocycles. The lowest BCUT2D eigenvalue weighted by Crippen LogP contribution is -1.93. The van der Waals surface area contributed by atoms with Crippen LogP contribution in [-0.2, 0) is 0 Å². The normalized spacial score (nSPS) is 10.2. The number of pyridine rings is 1. The van der Waals surface area contributed by atoms with Gasteiger partial charge in [-0.3, -0.25) is 0 Å². The number of nitrogen functional groups attached to an aromatic ring is 1. The van der Waals surface area contributed by atoms with Gasteiger partial charge in [0.15, 0.2) is 5.16 Å². The molecule has 2 aromatic heterocycles. The SMILES string of the molecule is Nc1ccc(Cl)nc1Sc1ncccn1. The van der Waals surface area contributed by atoms with Crippen molar-refractivity contribution >= 4 is 29.1 Å². The molecule has 0 saturated carbocycles. The molecule has 0 spiro atoms. The first-order valence-electron chi connectivity index (χ1n) is 4.12. The van der Waals surface area contributed by atoms with Crippen LogP contribution in [0.15, 0.2) is 40.8 Å². The summed E-state index contributed by atoms with van der Waals surface area (Å²) < 4.78 is 0. The highest BCUT2D eigenvalue weighted by atomic mass is 35.5. The first kappa shape index (κ1) is 10.2. The van der Waals surface area contributed by atoms with Crippen LogP contribution in [0.25, 0.3) is 0 Å². The molecule has 0 bridgehead atoms. The minimum atomic E-state index is 0.405. The second kappa shape index (κ2) is 4.46. The zero-order valence-electron chi connectivity index (χ0n) is 7.59. The minimum absolute atomic E-state index is 0.405. The van der Waals surface area contributed by atoms with E-state index in [9.17, 15) is 0 Å². The Morgan fingerprint density at radius 3 is 2.67 bits per heavy atom. The topological polar surface area (TPSA) is 64.7 Å². The standard InChI is InChI=1S/C9H7ClN4S/c10-7-3-2-6(11)8(14-7)15-9-12-4-1-5-13-9/h1-5H,11H2. The lowest BCUT2D eigenvalue weighted by Gasteiger charge is -2.02. The van der Waals surface area contributed by atoms with Crippen molar-refractivity contribution in [2.24, 2.45) is 0 Å². The van der Waals surface area contributed by atoms with E-state index in [1.807, 2.05) is 0 Å². The summed E-state index contributed by atoms with van der Waals surface area (Å²) in [5.41, 5.74) is 6.31. The van der Waals surface area contributed by atoms with Crippen LogP contribution >= 0.6 is 23.4 Å². The maximum atomic E-state index is 5.76. The molecule has 0 unspecified atom stereocenters. The van der Waals surface area contributed by atoms with Crippen LogP contribution in [0.5, 0.6) is 0 Å². The van der Waals surface area contributed by atoms with E-state index in [0.717, 1.165) is 0 Å². The molecule has 0 aliphatic heterocycles. The molecule has 6 heteroatoms. The Morgan fingerprint density at radius 1 is 1.20 bits per heavy atom. The summed E-state index contributed by atoms with van der Waals surface area (Å²) in [6, 6.07) is 5.10. The lowest BCUT2D eigenvalue weighted by atomic mass is 10.4. The molecule has 15 heavy (non-hydrogen) atoms. The molecule has 2 heterocycles. The van der Waals surface area contributed by atoms with Crippen molar-refractivity contribution in [1.29, 1.82) is 0 Å². The Kier molecular flexibility index (Phi) is 3.03. The monoisotopic (exact) mass is 238 g/mol. The molecular formula is C9H7ClN4S. The van der Waals surface area contributed by atoms with E-state index in [2.05, 4.69) is 15.0 Å². The molecule has 0 aromatic carbocycles. The quantitative estimate of drug-likeness (QED) is 0.642. The fraction of sp³-hybridized carbons (Fsp3) is 0. The van der Waals surface area contributed by atoms with Crippen LogP contribution in [0.4, 0.5) is 5.69 Å². The fourth-order valence-corrected chi connectivity index (χ4v) is 1.86. The number of hydrogen-bond acceptors (Lipinski definition) is 5. The third-order valence-electron chi connectivity index (χ3n) is 1.59. The number of aromatic nitrogens is 3. The van der Waals surface area contributed by atoms with Crippen molar-refractivity contribution < 1.29 is 0 Å². The Hall–Kier alpha value is -1.33. The van der Waals surface area contributed by atoms with E-state index in [1.54, 1.807) is 30.6 Å². The average Bonchev–Trinajstić information content (AvgIpc) is 2.25. The van der Waals surface area contributed by atoms with E-state index < -0.39 is 0 Å². The van der Waals surface area contributed by atoms with E-state index >= 15 is 0 Å². The Bertz CT molecular complexity index is 463. The van der Waals surface area contributed by atoms with Gasteiger partial charge in [0.2, 0.25) is 0 Å². The zero-order chi connectivity index (χ0) is 10.7. The molecule has 0 amide bonds. The van der Waals surface area contributed by atoms with Gasteiger partial charge in [-0.1, -0.05) is 11.6 Å². The third-order valence-corrected chi connectivity index (χ3v) is 2.71. The summed E-state index contributed by atoms with van der Waals surface area (Å²) in [5, 5.41) is 1.62. The Labute approximate surface area is 95.9 Å². The molecule has 0 radical (unpaired) electrons. The van der Waals surface area contributed by atoms with Gasteiger partial charge in [0.25, 0.3) is 0 Å². The van der Waals surface area contributed by atoms with Gasteiger partial charge >= 0.3 is 0 Å². The zero-order valence-corrected chi connectivity index (χ0v) is 9.16. The molecule has 2 N–H and O–H groups in total. The Morgan fingerprint density at radius 2 is 1.93 bits per heavy atom. The average molecular weight is 239 g/mol. The van der Waals surface area contributed by atoms with Crippen LogP contribution < -0.4 is 5.73 Å². The number of halogens is 1. The van der Waals surface area contributed by atoms with E-state index in [0.29, 0.717) is 21.0 Å². The van der Waals surface area contributed by atoms with Crippen LogP contribution in [-0.4, -0.2) is 15.0 Å². The first-order valence-corrected chi connectivity index (χ1v) is 5.32. The molecule has 0 fully saturated rings. The van der Waals surface area contributed by atoms with E-state index in [4.69, 9.17) is 17.3 Å². The van der Waals surface area contributed by atoms with Crippen molar-refractivity contribution in [1.82, 2.24) is 15.0 Å². The second-order valence-electron chi connectivity index (χ2n) is 2.66. The van der Waals surface area contributed by atoms with Crippen LogP contribution in [0.1, 0.15) is 0 Å². The smallest absolute Gasteiger partial charge is 0.193 e. The van der Waals surface area contributed by atoms with Crippen LogP contribution in [0.2, 0.25) is 5.15 Å². The summed E-state index contributed by atoms with van der Waals surface area (Å²) in [7, 11) is 0. The molecular weight excluding hydrogens is 232 g/mol. The summed E-state index contributed by atoms with van der Waals surface area (Å²) in [6.07, 6.45) is 3.33. The van der Waals surface area contributed by atoms with E-state index in [1.165, 1.54) is 11.8 Å². The largest absolute Gasteiger partial charge is 0.397 e. The highest BCUT2D eigenvalue weighted by molar-refractivity contribution is 7.99. The molecule has 2 aromatic rings. The van der Waals surface area contributed by atoms with Gasteiger partial charge in [-0.05, 0) is 30.0 Å². The van der Waals surface area contributed by atoms with Gasteiger partial charge in [0.1, 0.15) is 10.2 Å². The highest BCUT2D eigenvalue weighted by Crippen LogP contribution is 2.28. The summed E-state index contributed by atoms with van der Waals surface area (Å²) in [6.45, 7) is 0. The number of nitrogens with zero attached hydrogens (tertiary/aromatic N) is 3. The summed E-state index contributed by atoms with van der Waals surface area (Å²) in [4.78, 5) is 12.2. The van der Waals surface area contributed by atoms with Gasteiger partial charge in [0, 0.05) is 12.4 Å². The predicted octanol–water partition coefficient (Wildman–Crippen LogP) is 2.26. The Balaban J connectivity index is 2.28. The maximum Gasteiger partial charge on any atom is 0.193 e. The van der Waals surface area contributed by atoms with E-state index in [-0.39, 0.29) is 0 Å². The fourth-order valence-electron chi connectivity index (χ4n) is 0.935. The molecule has 0 aliphatic rings. The molecule has 0 saturated heterocycles. The van der Waals surface area contributed by atoms with Gasteiger partial charge in [0.05, 0.1) is 5.69 Å². The van der Waals surface area contributed by atoms with Gasteiger partial charge < -0.3 is 5.73 Å². The minimum Gasteiger partial charge on any atom is -0.397 e. The molecule has 2 rings (SSSR count). The number of rotatable bonds is 2. The maximum absolute atomic E-state index is 5.76. The molecule has 4 nitrogen and oxygen atoms in total. The number of nitrogens with two attached hydrogens (primary N) is 1. The summed E-state index contributed by atoms with van der Waals surface area (Å²) in [5.74, 6) is 0. The second-order valence-corrected chi connectivity index (χ2v) is 4.01. The highest BCUT2D eigenvalue weighted by Gasteiger charge is 2.05. The van der Waals surface area contributed by atoms with Gasteiger partial charge in [-0.15, -0.1) is 0 Å². The number of anilines is 1. The van der Waals surface area contributed by atoms with Crippen molar-refractivity contribution in [2.45, 2.75) is 10.2 Å². The van der Waals surface area contributed by atoms with Crippen molar-refractivity contribution in [2.75, 3.05) is 5.73 Å². The molecule has 0 atom stereocenters. The van der Waals surface area contributed by atoms with Crippen LogP contribution in [0.3, 0.4) is 0 Å². The van der Waals surface area contributed by atoms with Crippen molar-refractivity contribution in [3.05, 3.63) is 35.7 Å². The third kappa shape index (κ3) is 2.57. The first-order chi connectivity index (χ1) is 7.25. The molecule has 76 valence electrons. The number of hydrogen-bond donors (Lipinski definition) is 1. The van der Waals surface area contributed by atoms with Crippen LogP contribution in [0, 0.1) is 0 Å². The lowest BCUT2D eigenvalue weighted by molar-refractivity contribution is 0.961. The summed E-state index contributed by atoms with van der Waals surface area (Å²) >= 11 is 7.05. The van der Waals surface area contributed by atoms with Gasteiger partial charge in [-0.2, -0.15) is 0 Å². The van der Waals surface area contributed by atoms with Crippen molar-refractivity contribution in [3.8, 4) is 0 Å². The van der Waals surface area contributed by atoms with Crippen molar-refractivity contribution in [3.63, 3.8) is 0 Å². The van der Waals surface area contributed by atoms with Gasteiger partial charge in [-0.25, -0.2) is 15.0 Å².